The van der Waals surface area contributed by atoms with Gasteiger partial charge in [-0.1, -0.05) is 19.4 Å². The van der Waals surface area contributed by atoms with Crippen LogP contribution < -0.4 is 10.1 Å². The number of carbonyl (C=O) groups is 1. The summed E-state index contributed by atoms with van der Waals surface area (Å²) in [5, 5.41) is 2.82. The molecule has 1 aromatic rings. The molecule has 1 amide bonds. The van der Waals surface area contributed by atoms with Crippen molar-refractivity contribution in [2.45, 2.75) is 84.2 Å². The number of carbonyl (C=O) groups excluding carboxylic acids is 1. The van der Waals surface area contributed by atoms with E-state index in [2.05, 4.69) is 12.2 Å². The molecule has 158 valence electrons. The predicted molar refractivity (Wildman–Crippen MR) is 107 cm³/mol. The molecule has 6 heteroatoms. The first-order chi connectivity index (χ1) is 13.5. The second kappa shape index (κ2) is 12.0. The van der Waals surface area contributed by atoms with Crippen LogP contribution in [0.4, 0.5) is 4.39 Å². The molecule has 5 nitrogen and oxygen atoms in total. The topological polar surface area (TPSA) is 56.8 Å². The molecule has 1 aliphatic rings. The lowest BCUT2D eigenvalue weighted by molar-refractivity contribution is -0.120. The lowest BCUT2D eigenvalue weighted by Crippen LogP contribution is -2.36. The van der Waals surface area contributed by atoms with E-state index in [0.29, 0.717) is 24.5 Å². The highest BCUT2D eigenvalue weighted by Gasteiger charge is 2.23. The molecular weight excluding hydrogens is 361 g/mol. The molecular formula is C22H34FNO4. The van der Waals surface area contributed by atoms with E-state index in [9.17, 15) is 9.18 Å². The van der Waals surface area contributed by atoms with Crippen LogP contribution >= 0.6 is 0 Å². The number of amides is 1. The van der Waals surface area contributed by atoms with Crippen molar-refractivity contribution in [3.63, 3.8) is 0 Å². The highest BCUT2D eigenvalue weighted by molar-refractivity contribution is 5.73. The van der Waals surface area contributed by atoms with E-state index in [1.165, 1.54) is 13.0 Å². The quantitative estimate of drug-likeness (QED) is 0.565. The highest BCUT2D eigenvalue weighted by atomic mass is 19.1. The van der Waals surface area contributed by atoms with Crippen molar-refractivity contribution >= 4 is 5.91 Å². The Morgan fingerprint density at radius 2 is 1.89 bits per heavy atom. The van der Waals surface area contributed by atoms with Gasteiger partial charge in [0.25, 0.3) is 0 Å². The van der Waals surface area contributed by atoms with Crippen LogP contribution in [0.2, 0.25) is 0 Å². The number of ether oxygens (including phenoxy) is 3. The number of hydrogen-bond donors (Lipinski definition) is 1. The molecule has 0 aromatic heterocycles. The summed E-state index contributed by atoms with van der Waals surface area (Å²) in [5.41, 5.74) is 0.561. The maximum Gasteiger partial charge on any atom is 0.217 e. The predicted octanol–water partition coefficient (Wildman–Crippen LogP) is 4.37. The molecule has 28 heavy (non-hydrogen) atoms. The van der Waals surface area contributed by atoms with Crippen LogP contribution in [0.1, 0.15) is 64.9 Å². The molecule has 1 atom stereocenters. The third-order valence-corrected chi connectivity index (χ3v) is 4.92. The summed E-state index contributed by atoms with van der Waals surface area (Å²) in [5.74, 6) is 0.250. The first-order valence-electron chi connectivity index (χ1n) is 10.4. The third-order valence-electron chi connectivity index (χ3n) is 4.92. The molecule has 1 aliphatic carbocycles. The van der Waals surface area contributed by atoms with Crippen molar-refractivity contribution in [2.24, 2.45) is 0 Å². The van der Waals surface area contributed by atoms with Crippen molar-refractivity contribution < 1.29 is 23.4 Å². The summed E-state index contributed by atoms with van der Waals surface area (Å²) in [7, 11) is 0. The van der Waals surface area contributed by atoms with Gasteiger partial charge in [0.15, 0.2) is 0 Å². The lowest BCUT2D eigenvalue weighted by Gasteiger charge is -2.29. The second-order valence-corrected chi connectivity index (χ2v) is 7.60. The van der Waals surface area contributed by atoms with Gasteiger partial charge in [0, 0.05) is 24.6 Å². The average Bonchev–Trinajstić information content (AvgIpc) is 2.66. The Hall–Kier alpha value is -1.66. The van der Waals surface area contributed by atoms with Crippen LogP contribution in [-0.2, 0) is 20.9 Å². The van der Waals surface area contributed by atoms with Crippen LogP contribution in [0, 0.1) is 5.82 Å². The molecule has 2 rings (SSSR count). The molecule has 0 heterocycles. The van der Waals surface area contributed by atoms with Gasteiger partial charge in [-0.2, -0.15) is 0 Å². The van der Waals surface area contributed by atoms with Gasteiger partial charge in [-0.25, -0.2) is 4.39 Å². The summed E-state index contributed by atoms with van der Waals surface area (Å²) >= 11 is 0. The van der Waals surface area contributed by atoms with Crippen LogP contribution in [0.5, 0.6) is 5.75 Å². The van der Waals surface area contributed by atoms with E-state index < -0.39 is 0 Å². The highest BCUT2D eigenvalue weighted by Crippen LogP contribution is 2.25. The first kappa shape index (κ1) is 22.6. The number of benzene rings is 1. The van der Waals surface area contributed by atoms with E-state index in [1.807, 2.05) is 6.92 Å². The number of unbranched alkanes of at least 4 members (excludes halogenated alkanes) is 1. The number of rotatable bonds is 11. The summed E-state index contributed by atoms with van der Waals surface area (Å²) in [6.07, 6.45) is 5.99. The van der Waals surface area contributed by atoms with Gasteiger partial charge in [0.05, 0.1) is 32.0 Å². The first-order valence-corrected chi connectivity index (χ1v) is 10.4. The fraction of sp³-hybridized carbons (Fsp3) is 0.682. The fourth-order valence-electron chi connectivity index (χ4n) is 3.31. The zero-order chi connectivity index (χ0) is 20.4. The monoisotopic (exact) mass is 395 g/mol. The summed E-state index contributed by atoms with van der Waals surface area (Å²) < 4.78 is 31.6. The summed E-state index contributed by atoms with van der Waals surface area (Å²) in [6.45, 7) is 6.95. The van der Waals surface area contributed by atoms with E-state index in [-0.39, 0.29) is 36.6 Å². The zero-order valence-corrected chi connectivity index (χ0v) is 17.3. The molecule has 0 saturated heterocycles. The molecule has 1 aromatic carbocycles. The number of nitrogens with one attached hydrogen (secondary N) is 1. The Labute approximate surface area is 167 Å². The van der Waals surface area contributed by atoms with Gasteiger partial charge in [0.2, 0.25) is 5.91 Å². The molecule has 0 aliphatic heterocycles. The van der Waals surface area contributed by atoms with Gasteiger partial charge >= 0.3 is 0 Å². The van der Waals surface area contributed by atoms with E-state index in [4.69, 9.17) is 14.2 Å². The third kappa shape index (κ3) is 8.15. The summed E-state index contributed by atoms with van der Waals surface area (Å²) in [4.78, 5) is 11.0. The van der Waals surface area contributed by atoms with Crippen molar-refractivity contribution in [3.05, 3.63) is 29.6 Å². The average molecular weight is 396 g/mol. The number of hydrogen-bond acceptors (Lipinski definition) is 4. The Kier molecular flexibility index (Phi) is 9.71. The molecule has 0 spiro atoms. The minimum Gasteiger partial charge on any atom is -0.493 e. The lowest BCUT2D eigenvalue weighted by atomic mass is 9.95. The van der Waals surface area contributed by atoms with Crippen molar-refractivity contribution in [2.75, 3.05) is 13.2 Å². The van der Waals surface area contributed by atoms with Crippen molar-refractivity contribution in [1.29, 1.82) is 0 Å². The van der Waals surface area contributed by atoms with E-state index in [1.54, 1.807) is 12.1 Å². The minimum absolute atomic E-state index is 0.0170. The SMILES string of the molecule is CCCCOc1ccc(CO[C@H]2CC[C@H](OC[C@H](C)NC(C)=O)CC2)c(F)c1. The van der Waals surface area contributed by atoms with Crippen molar-refractivity contribution in [1.82, 2.24) is 5.32 Å². The Balaban J connectivity index is 1.67. The molecule has 1 saturated carbocycles. The molecule has 1 fully saturated rings. The maximum absolute atomic E-state index is 14.2. The Bertz CT molecular complexity index is 602. The zero-order valence-electron chi connectivity index (χ0n) is 17.3. The van der Waals surface area contributed by atoms with E-state index >= 15 is 0 Å². The Morgan fingerprint density at radius 3 is 2.50 bits per heavy atom. The largest absolute Gasteiger partial charge is 0.493 e. The maximum atomic E-state index is 14.2. The van der Waals surface area contributed by atoms with E-state index in [0.717, 1.165) is 38.5 Å². The van der Waals surface area contributed by atoms with Crippen LogP contribution in [0.3, 0.4) is 0 Å². The number of halogens is 1. The Morgan fingerprint density at radius 1 is 1.21 bits per heavy atom. The van der Waals surface area contributed by atoms with Gasteiger partial charge in [-0.15, -0.1) is 0 Å². The fourth-order valence-corrected chi connectivity index (χ4v) is 3.31. The van der Waals surface area contributed by atoms with Gasteiger partial charge in [0.1, 0.15) is 11.6 Å². The molecule has 0 unspecified atom stereocenters. The summed E-state index contributed by atoms with van der Waals surface area (Å²) in [6, 6.07) is 5.01. The standard InChI is InChI=1S/C22H34FNO4/c1-4-5-12-26-21-7-6-18(22(23)13-21)15-28-20-10-8-19(9-11-20)27-14-16(2)24-17(3)25/h6-7,13,16,19-20H,4-5,8-12,14-15H2,1-3H3,(H,24,25)/t16-,19-,20-/m0/s1. The molecule has 0 radical (unpaired) electrons. The van der Waals surface area contributed by atoms with Crippen LogP contribution in [0.15, 0.2) is 18.2 Å². The van der Waals surface area contributed by atoms with Crippen LogP contribution in [0.25, 0.3) is 0 Å². The second-order valence-electron chi connectivity index (χ2n) is 7.60. The van der Waals surface area contributed by atoms with Crippen molar-refractivity contribution in [3.8, 4) is 5.75 Å². The van der Waals surface area contributed by atoms with Crippen LogP contribution in [-0.4, -0.2) is 37.4 Å². The van der Waals surface area contributed by atoms with Gasteiger partial charge < -0.3 is 19.5 Å². The minimum atomic E-state index is -0.280. The molecule has 1 N–H and O–H groups in total. The smallest absolute Gasteiger partial charge is 0.217 e. The van der Waals surface area contributed by atoms with Gasteiger partial charge in [-0.05, 0) is 45.1 Å². The van der Waals surface area contributed by atoms with Gasteiger partial charge in [-0.3, -0.25) is 4.79 Å². The normalized spacial score (nSPS) is 20.6. The molecule has 0 bridgehead atoms.